The summed E-state index contributed by atoms with van der Waals surface area (Å²) in [5, 5.41) is 0. The highest BCUT2D eigenvalue weighted by Crippen LogP contribution is 2.55. The van der Waals surface area contributed by atoms with Crippen molar-refractivity contribution >= 4 is 0 Å². The number of halogens is 1. The number of likely N-dealkylation sites (tertiary alicyclic amines) is 1. The van der Waals surface area contributed by atoms with Crippen LogP contribution in [0.1, 0.15) is 55.1 Å². The summed E-state index contributed by atoms with van der Waals surface area (Å²) in [6, 6.07) is 5.52. The van der Waals surface area contributed by atoms with Gasteiger partial charge in [-0.05, 0) is 88.7 Å². The standard InChI is InChI=1S/C24H32FN3O/c1-4-29-17-23(8-7-21-6-5-20(25)14-27-21)11-12-28(16-23)24(9-10-24)22-15-26-19(3)13-18(22)2/h5-6,13-15H,4,7-12,16-17H2,1-3H3/t23-/m1/s1. The highest BCUT2D eigenvalue weighted by atomic mass is 19.1. The number of nitrogens with zero attached hydrogens (tertiary/aromatic N) is 3. The van der Waals surface area contributed by atoms with Crippen LogP contribution in [0.5, 0.6) is 0 Å². The Hall–Kier alpha value is -1.85. The topological polar surface area (TPSA) is 38.2 Å². The van der Waals surface area contributed by atoms with Crippen LogP contribution in [-0.2, 0) is 16.7 Å². The molecule has 5 heteroatoms. The number of ether oxygens (including phenoxy) is 1. The van der Waals surface area contributed by atoms with Gasteiger partial charge in [0.2, 0.25) is 0 Å². The molecule has 1 aliphatic carbocycles. The second-order valence-corrected chi connectivity index (χ2v) is 8.95. The highest BCUT2D eigenvalue weighted by molar-refractivity contribution is 5.36. The van der Waals surface area contributed by atoms with E-state index in [1.165, 1.54) is 36.2 Å². The van der Waals surface area contributed by atoms with Gasteiger partial charge in [0, 0.05) is 41.7 Å². The second kappa shape index (κ2) is 8.11. The summed E-state index contributed by atoms with van der Waals surface area (Å²) in [6.07, 6.45) is 8.85. The Morgan fingerprint density at radius 3 is 2.62 bits per heavy atom. The van der Waals surface area contributed by atoms with E-state index in [9.17, 15) is 4.39 Å². The first-order chi connectivity index (χ1) is 14.0. The van der Waals surface area contributed by atoms with E-state index in [1.54, 1.807) is 6.07 Å². The first-order valence-electron chi connectivity index (χ1n) is 10.8. The minimum atomic E-state index is -0.275. The molecule has 1 aliphatic heterocycles. The van der Waals surface area contributed by atoms with Crippen molar-refractivity contribution in [1.29, 1.82) is 0 Å². The summed E-state index contributed by atoms with van der Waals surface area (Å²) in [7, 11) is 0. The zero-order chi connectivity index (χ0) is 20.5. The Balaban J connectivity index is 1.50. The first-order valence-corrected chi connectivity index (χ1v) is 10.8. The molecule has 3 heterocycles. The molecular formula is C24H32FN3O. The van der Waals surface area contributed by atoms with Gasteiger partial charge in [0.1, 0.15) is 5.82 Å². The zero-order valence-corrected chi connectivity index (χ0v) is 17.9. The fraction of sp³-hybridized carbons (Fsp3) is 0.583. The number of aromatic nitrogens is 2. The second-order valence-electron chi connectivity index (χ2n) is 8.95. The van der Waals surface area contributed by atoms with Crippen molar-refractivity contribution in [3.63, 3.8) is 0 Å². The van der Waals surface area contributed by atoms with Crippen LogP contribution in [0.3, 0.4) is 0 Å². The van der Waals surface area contributed by atoms with Crippen molar-refractivity contribution in [1.82, 2.24) is 14.9 Å². The lowest BCUT2D eigenvalue weighted by molar-refractivity contribution is 0.0441. The third kappa shape index (κ3) is 4.22. The molecule has 156 valence electrons. The van der Waals surface area contributed by atoms with Crippen LogP contribution in [0.15, 0.2) is 30.6 Å². The number of pyridine rings is 2. The summed E-state index contributed by atoms with van der Waals surface area (Å²) in [4.78, 5) is 11.5. The van der Waals surface area contributed by atoms with Gasteiger partial charge in [-0.2, -0.15) is 0 Å². The fourth-order valence-corrected chi connectivity index (χ4v) is 5.02. The van der Waals surface area contributed by atoms with Gasteiger partial charge >= 0.3 is 0 Å². The van der Waals surface area contributed by atoms with Crippen LogP contribution in [0.4, 0.5) is 4.39 Å². The summed E-state index contributed by atoms with van der Waals surface area (Å²) in [5.74, 6) is -0.275. The maximum Gasteiger partial charge on any atom is 0.141 e. The number of aryl methyl sites for hydroxylation is 3. The van der Waals surface area contributed by atoms with Gasteiger partial charge < -0.3 is 4.74 Å². The fourth-order valence-electron chi connectivity index (χ4n) is 5.02. The van der Waals surface area contributed by atoms with Crippen molar-refractivity contribution in [2.24, 2.45) is 5.41 Å². The number of rotatable bonds is 8. The van der Waals surface area contributed by atoms with E-state index >= 15 is 0 Å². The van der Waals surface area contributed by atoms with E-state index in [-0.39, 0.29) is 16.8 Å². The van der Waals surface area contributed by atoms with Crippen LogP contribution >= 0.6 is 0 Å². The molecule has 0 radical (unpaired) electrons. The maximum atomic E-state index is 13.2. The third-order valence-electron chi connectivity index (χ3n) is 6.83. The quantitative estimate of drug-likeness (QED) is 0.653. The normalized spacial score (nSPS) is 23.4. The van der Waals surface area contributed by atoms with E-state index in [2.05, 4.69) is 47.9 Å². The molecule has 2 aromatic rings. The van der Waals surface area contributed by atoms with Gasteiger partial charge in [0.15, 0.2) is 0 Å². The Morgan fingerprint density at radius 1 is 1.14 bits per heavy atom. The summed E-state index contributed by atoms with van der Waals surface area (Å²) >= 11 is 0. The Kier molecular flexibility index (Phi) is 5.71. The molecule has 0 N–H and O–H groups in total. The molecule has 0 unspecified atom stereocenters. The first kappa shape index (κ1) is 20.4. The lowest BCUT2D eigenvalue weighted by Gasteiger charge is -2.33. The lowest BCUT2D eigenvalue weighted by atomic mass is 9.82. The average molecular weight is 398 g/mol. The largest absolute Gasteiger partial charge is 0.381 e. The van der Waals surface area contributed by atoms with Gasteiger partial charge in [-0.3, -0.25) is 14.9 Å². The van der Waals surface area contributed by atoms with Crippen molar-refractivity contribution < 1.29 is 9.13 Å². The van der Waals surface area contributed by atoms with E-state index in [4.69, 9.17) is 4.74 Å². The summed E-state index contributed by atoms with van der Waals surface area (Å²) < 4.78 is 19.1. The molecule has 2 aliphatic rings. The highest BCUT2D eigenvalue weighted by Gasteiger charge is 2.54. The molecule has 0 amide bonds. The van der Waals surface area contributed by atoms with Crippen molar-refractivity contribution in [2.75, 3.05) is 26.3 Å². The molecule has 2 aromatic heterocycles. The van der Waals surface area contributed by atoms with Crippen LogP contribution in [0.2, 0.25) is 0 Å². The molecule has 1 atom stereocenters. The molecule has 0 spiro atoms. The number of hydrogen-bond donors (Lipinski definition) is 0. The van der Waals surface area contributed by atoms with Gasteiger partial charge in [-0.25, -0.2) is 4.39 Å². The van der Waals surface area contributed by atoms with Gasteiger partial charge in [-0.1, -0.05) is 0 Å². The predicted octanol–water partition coefficient (Wildman–Crippen LogP) is 4.58. The van der Waals surface area contributed by atoms with Crippen molar-refractivity contribution in [3.8, 4) is 0 Å². The minimum Gasteiger partial charge on any atom is -0.381 e. The summed E-state index contributed by atoms with van der Waals surface area (Å²) in [6.45, 7) is 9.99. The average Bonchev–Trinajstić information content (AvgIpc) is 3.39. The molecule has 29 heavy (non-hydrogen) atoms. The van der Waals surface area contributed by atoms with Crippen LogP contribution in [0, 0.1) is 25.1 Å². The minimum absolute atomic E-state index is 0.133. The van der Waals surface area contributed by atoms with Crippen LogP contribution in [-0.4, -0.2) is 41.2 Å². The molecule has 4 rings (SSSR count). The van der Waals surface area contributed by atoms with E-state index in [0.29, 0.717) is 0 Å². The molecule has 0 bridgehead atoms. The van der Waals surface area contributed by atoms with E-state index in [1.807, 2.05) is 0 Å². The Morgan fingerprint density at radius 2 is 1.97 bits per heavy atom. The zero-order valence-electron chi connectivity index (χ0n) is 17.9. The molecule has 0 aromatic carbocycles. The third-order valence-corrected chi connectivity index (χ3v) is 6.83. The van der Waals surface area contributed by atoms with Crippen LogP contribution in [0.25, 0.3) is 0 Å². The maximum absolute atomic E-state index is 13.2. The van der Waals surface area contributed by atoms with Gasteiger partial charge in [0.05, 0.1) is 12.8 Å². The predicted molar refractivity (Wildman–Crippen MR) is 112 cm³/mol. The monoisotopic (exact) mass is 397 g/mol. The molecule has 1 saturated carbocycles. The van der Waals surface area contributed by atoms with Gasteiger partial charge in [0.25, 0.3) is 0 Å². The smallest absolute Gasteiger partial charge is 0.141 e. The van der Waals surface area contributed by atoms with Gasteiger partial charge in [-0.15, -0.1) is 0 Å². The molecule has 1 saturated heterocycles. The molecular weight excluding hydrogens is 365 g/mol. The van der Waals surface area contributed by atoms with Crippen molar-refractivity contribution in [3.05, 3.63) is 58.9 Å². The van der Waals surface area contributed by atoms with Crippen LogP contribution < -0.4 is 0 Å². The van der Waals surface area contributed by atoms with Crippen molar-refractivity contribution in [2.45, 2.75) is 58.4 Å². The number of hydrogen-bond acceptors (Lipinski definition) is 4. The SMILES string of the molecule is CCOC[C@]1(CCc2ccc(F)cn2)CCN(C2(c3cnc(C)cc3C)CC2)C1. The Bertz CT molecular complexity index is 850. The lowest BCUT2D eigenvalue weighted by Crippen LogP contribution is -2.38. The van der Waals surface area contributed by atoms with E-state index < -0.39 is 0 Å². The molecule has 4 nitrogen and oxygen atoms in total. The molecule has 2 fully saturated rings. The Labute approximate surface area is 173 Å². The van der Waals surface area contributed by atoms with E-state index in [0.717, 1.165) is 57.0 Å². The summed E-state index contributed by atoms with van der Waals surface area (Å²) in [5.41, 5.74) is 5.09.